The highest BCUT2D eigenvalue weighted by Gasteiger charge is 2.04. The van der Waals surface area contributed by atoms with Crippen LogP contribution in [0.25, 0.3) is 11.2 Å². The highest BCUT2D eigenvalue weighted by Crippen LogP contribution is 2.13. The van der Waals surface area contributed by atoms with Gasteiger partial charge in [0.05, 0.1) is 12.7 Å². The van der Waals surface area contributed by atoms with Crippen LogP contribution >= 0.6 is 12.2 Å². The van der Waals surface area contributed by atoms with E-state index in [0.29, 0.717) is 4.64 Å². The smallest absolute Gasteiger partial charge is 0.157 e. The SMILES string of the molecule is CCCCCCCCCCCn1cnc2c(=S)nc[nH]c21. The Morgan fingerprint density at radius 2 is 1.67 bits per heavy atom. The van der Waals surface area contributed by atoms with Crippen LogP contribution in [0.15, 0.2) is 12.7 Å². The van der Waals surface area contributed by atoms with E-state index in [9.17, 15) is 0 Å². The maximum absolute atomic E-state index is 5.17. The van der Waals surface area contributed by atoms with E-state index in [2.05, 4.69) is 26.4 Å². The third-order valence-corrected chi connectivity index (χ3v) is 4.22. The number of H-pyrrole nitrogens is 1. The van der Waals surface area contributed by atoms with Crippen LogP contribution in [-0.4, -0.2) is 19.5 Å². The fourth-order valence-corrected chi connectivity index (χ4v) is 2.87. The maximum atomic E-state index is 5.17. The Kier molecular flexibility index (Phi) is 6.86. The molecular weight excluding hydrogens is 280 g/mol. The quantitative estimate of drug-likeness (QED) is 0.495. The van der Waals surface area contributed by atoms with Crippen molar-refractivity contribution in [2.45, 2.75) is 71.3 Å². The fraction of sp³-hybridized carbons (Fsp3) is 0.688. The Hall–Kier alpha value is -1.23. The van der Waals surface area contributed by atoms with E-state index >= 15 is 0 Å². The molecule has 0 aliphatic carbocycles. The first-order chi connectivity index (χ1) is 10.3. The van der Waals surface area contributed by atoms with Crippen molar-refractivity contribution in [1.82, 2.24) is 19.5 Å². The molecule has 0 radical (unpaired) electrons. The van der Waals surface area contributed by atoms with E-state index in [1.54, 1.807) is 6.33 Å². The molecule has 2 rings (SSSR count). The molecule has 0 spiro atoms. The monoisotopic (exact) mass is 306 g/mol. The zero-order valence-corrected chi connectivity index (χ0v) is 13.8. The molecular formula is C16H26N4S. The first-order valence-electron chi connectivity index (χ1n) is 8.21. The van der Waals surface area contributed by atoms with Crippen LogP contribution in [0.5, 0.6) is 0 Å². The van der Waals surface area contributed by atoms with Crippen molar-refractivity contribution >= 4 is 23.4 Å². The van der Waals surface area contributed by atoms with Gasteiger partial charge in [-0.3, -0.25) is 0 Å². The van der Waals surface area contributed by atoms with E-state index in [-0.39, 0.29) is 0 Å². The molecule has 4 nitrogen and oxygen atoms in total. The van der Waals surface area contributed by atoms with Gasteiger partial charge in [-0.25, -0.2) is 9.97 Å². The fourth-order valence-electron chi connectivity index (χ4n) is 2.67. The number of unbranched alkanes of at least 4 members (excludes halogenated alkanes) is 8. The number of nitrogens with one attached hydrogen (secondary N) is 1. The van der Waals surface area contributed by atoms with Crippen molar-refractivity contribution in [2.24, 2.45) is 0 Å². The normalized spacial score (nSPS) is 11.3. The molecule has 0 aliphatic heterocycles. The Labute approximate surface area is 132 Å². The predicted molar refractivity (Wildman–Crippen MR) is 89.9 cm³/mol. The van der Waals surface area contributed by atoms with E-state index < -0.39 is 0 Å². The summed E-state index contributed by atoms with van der Waals surface area (Å²) in [4.78, 5) is 11.5. The van der Waals surface area contributed by atoms with Crippen molar-refractivity contribution in [1.29, 1.82) is 0 Å². The first-order valence-corrected chi connectivity index (χ1v) is 8.62. The molecule has 0 aliphatic rings. The van der Waals surface area contributed by atoms with E-state index in [1.807, 2.05) is 6.33 Å². The summed E-state index contributed by atoms with van der Waals surface area (Å²) in [6, 6.07) is 0. The number of aromatic amines is 1. The molecule has 21 heavy (non-hydrogen) atoms. The van der Waals surface area contributed by atoms with Crippen LogP contribution < -0.4 is 0 Å². The lowest BCUT2D eigenvalue weighted by molar-refractivity contribution is 0.541. The Balaban J connectivity index is 1.64. The Bertz CT molecular complexity index is 587. The molecule has 0 saturated carbocycles. The molecule has 0 aromatic carbocycles. The number of rotatable bonds is 10. The molecule has 0 fully saturated rings. The lowest BCUT2D eigenvalue weighted by Crippen LogP contribution is -1.98. The van der Waals surface area contributed by atoms with Gasteiger partial charge in [0.15, 0.2) is 4.64 Å². The molecule has 0 bridgehead atoms. The molecule has 2 aromatic heterocycles. The second kappa shape index (κ2) is 8.93. The highest BCUT2D eigenvalue weighted by atomic mass is 32.1. The number of aromatic nitrogens is 4. The van der Waals surface area contributed by atoms with E-state index in [4.69, 9.17) is 12.2 Å². The van der Waals surface area contributed by atoms with Crippen LogP contribution in [0.2, 0.25) is 0 Å². The van der Waals surface area contributed by atoms with Gasteiger partial charge in [-0.1, -0.05) is 70.5 Å². The van der Waals surface area contributed by atoms with Crippen molar-refractivity contribution in [3.05, 3.63) is 17.3 Å². The molecule has 0 saturated heterocycles. The minimum Gasteiger partial charge on any atom is -0.331 e. The summed E-state index contributed by atoms with van der Waals surface area (Å²) in [5.41, 5.74) is 1.80. The van der Waals surface area contributed by atoms with Crippen molar-refractivity contribution in [2.75, 3.05) is 0 Å². The average molecular weight is 306 g/mol. The number of imidazole rings is 1. The Morgan fingerprint density at radius 3 is 2.38 bits per heavy atom. The van der Waals surface area contributed by atoms with Gasteiger partial charge >= 0.3 is 0 Å². The predicted octanol–water partition coefficient (Wildman–Crippen LogP) is 5.02. The zero-order chi connectivity index (χ0) is 14.9. The van der Waals surface area contributed by atoms with Gasteiger partial charge in [-0.2, -0.15) is 0 Å². The third-order valence-electron chi connectivity index (χ3n) is 3.93. The second-order valence-corrected chi connectivity index (χ2v) is 6.06. The summed E-state index contributed by atoms with van der Waals surface area (Å²) in [5.74, 6) is 0. The van der Waals surface area contributed by atoms with Gasteiger partial charge in [0.25, 0.3) is 0 Å². The van der Waals surface area contributed by atoms with E-state index in [1.165, 1.54) is 57.8 Å². The summed E-state index contributed by atoms with van der Waals surface area (Å²) in [5, 5.41) is 0. The zero-order valence-electron chi connectivity index (χ0n) is 13.0. The minimum atomic E-state index is 0.578. The summed E-state index contributed by atoms with van der Waals surface area (Å²) in [6.45, 7) is 3.27. The van der Waals surface area contributed by atoms with Crippen LogP contribution in [0.1, 0.15) is 64.7 Å². The standard InChI is InChI=1S/C16H26N4S/c1-2-3-4-5-6-7-8-9-10-11-20-13-19-14-15(20)17-12-18-16(14)21/h12-13H,2-11H2,1H3,(H,17,18,21). The number of hydrogen-bond acceptors (Lipinski definition) is 3. The molecule has 116 valence electrons. The lowest BCUT2D eigenvalue weighted by atomic mass is 10.1. The van der Waals surface area contributed by atoms with E-state index in [0.717, 1.165) is 17.7 Å². The molecule has 5 heteroatoms. The summed E-state index contributed by atoms with van der Waals surface area (Å²) in [6.07, 6.45) is 15.7. The molecule has 2 heterocycles. The molecule has 0 unspecified atom stereocenters. The third kappa shape index (κ3) is 4.92. The second-order valence-electron chi connectivity index (χ2n) is 5.67. The van der Waals surface area contributed by atoms with Gasteiger partial charge in [0.2, 0.25) is 0 Å². The molecule has 0 amide bonds. The van der Waals surface area contributed by atoms with Crippen molar-refractivity contribution < 1.29 is 0 Å². The van der Waals surface area contributed by atoms with Crippen LogP contribution in [0.4, 0.5) is 0 Å². The first kappa shape index (κ1) is 16.1. The Morgan fingerprint density at radius 1 is 1.00 bits per heavy atom. The average Bonchev–Trinajstić information content (AvgIpc) is 2.90. The van der Waals surface area contributed by atoms with Gasteiger partial charge in [0, 0.05) is 6.54 Å². The maximum Gasteiger partial charge on any atom is 0.157 e. The topological polar surface area (TPSA) is 46.5 Å². The molecule has 0 atom stereocenters. The minimum absolute atomic E-state index is 0.578. The summed E-state index contributed by atoms with van der Waals surface area (Å²) in [7, 11) is 0. The number of aryl methyl sites for hydroxylation is 1. The van der Waals surface area contributed by atoms with Crippen LogP contribution in [0, 0.1) is 4.64 Å². The van der Waals surface area contributed by atoms with Crippen LogP contribution in [0.3, 0.4) is 0 Å². The number of nitrogens with zero attached hydrogens (tertiary/aromatic N) is 3. The highest BCUT2D eigenvalue weighted by molar-refractivity contribution is 7.71. The summed E-state index contributed by atoms with van der Waals surface area (Å²) >= 11 is 5.17. The van der Waals surface area contributed by atoms with Gasteiger partial charge in [-0.05, 0) is 6.42 Å². The number of hydrogen-bond donors (Lipinski definition) is 1. The van der Waals surface area contributed by atoms with Crippen LogP contribution in [-0.2, 0) is 6.54 Å². The van der Waals surface area contributed by atoms with Gasteiger partial charge in [0.1, 0.15) is 11.2 Å². The van der Waals surface area contributed by atoms with Gasteiger partial charge in [-0.15, -0.1) is 0 Å². The largest absolute Gasteiger partial charge is 0.331 e. The van der Waals surface area contributed by atoms with Crippen molar-refractivity contribution in [3.63, 3.8) is 0 Å². The lowest BCUT2D eigenvalue weighted by Gasteiger charge is -2.04. The van der Waals surface area contributed by atoms with Gasteiger partial charge < -0.3 is 9.55 Å². The summed E-state index contributed by atoms with van der Waals surface area (Å²) < 4.78 is 2.73. The molecule has 1 N–H and O–H groups in total. The molecule has 2 aromatic rings. The van der Waals surface area contributed by atoms with Crippen molar-refractivity contribution in [3.8, 4) is 0 Å². The number of fused-ring (bicyclic) bond motifs is 1.